The fraction of sp³-hybridized carbons (Fsp3) is 0.583. The average Bonchev–Trinajstić information content (AvgIpc) is 2.80. The number of imidazole rings is 1. The van der Waals surface area contributed by atoms with Crippen LogP contribution in [0.25, 0.3) is 0 Å². The Labute approximate surface area is 107 Å². The molecule has 0 aliphatic carbocycles. The van der Waals surface area contributed by atoms with Crippen molar-refractivity contribution in [2.75, 3.05) is 13.6 Å². The van der Waals surface area contributed by atoms with E-state index in [1.54, 1.807) is 33.4 Å². The predicted octanol–water partition coefficient (Wildman–Crippen LogP) is 0.325. The minimum atomic E-state index is -0.847. The first kappa shape index (κ1) is 14.2. The summed E-state index contributed by atoms with van der Waals surface area (Å²) in [7, 11) is 1.62. The number of carbonyl (C=O) groups excluding carboxylic acids is 2. The van der Waals surface area contributed by atoms with Gasteiger partial charge in [-0.05, 0) is 13.8 Å². The van der Waals surface area contributed by atoms with E-state index in [1.165, 1.54) is 11.8 Å². The number of carbonyl (C=O) groups is 2. The molecule has 6 heteroatoms. The molecule has 0 bridgehead atoms. The first-order valence-corrected chi connectivity index (χ1v) is 5.85. The fourth-order valence-electron chi connectivity index (χ4n) is 1.49. The standard InChI is InChI=1S/C12H20N4O2/c1-9(17)16(4)12(2,3)11(18)14-6-5-10-7-13-8-15-10/h7-8H,5-6H2,1-4H3,(H,13,15)(H,14,18). The second-order valence-electron chi connectivity index (χ2n) is 4.72. The van der Waals surface area contributed by atoms with E-state index in [-0.39, 0.29) is 11.8 Å². The zero-order chi connectivity index (χ0) is 13.8. The Morgan fingerprint density at radius 1 is 1.50 bits per heavy atom. The first-order chi connectivity index (χ1) is 8.35. The van der Waals surface area contributed by atoms with Gasteiger partial charge in [0.2, 0.25) is 11.8 Å². The molecule has 2 N–H and O–H groups in total. The summed E-state index contributed by atoms with van der Waals surface area (Å²) in [6.45, 7) is 5.40. The highest BCUT2D eigenvalue weighted by Gasteiger charge is 2.33. The Kier molecular flexibility index (Phi) is 4.47. The largest absolute Gasteiger partial charge is 0.354 e. The monoisotopic (exact) mass is 252 g/mol. The van der Waals surface area contributed by atoms with Crippen LogP contribution < -0.4 is 5.32 Å². The van der Waals surface area contributed by atoms with E-state index in [0.717, 1.165) is 5.69 Å². The average molecular weight is 252 g/mol. The van der Waals surface area contributed by atoms with Gasteiger partial charge in [0.25, 0.3) is 0 Å². The maximum atomic E-state index is 12.0. The van der Waals surface area contributed by atoms with Crippen molar-refractivity contribution < 1.29 is 9.59 Å². The van der Waals surface area contributed by atoms with Crippen LogP contribution in [-0.2, 0) is 16.0 Å². The number of rotatable bonds is 5. The molecule has 0 fully saturated rings. The molecule has 1 heterocycles. The van der Waals surface area contributed by atoms with Gasteiger partial charge in [-0.3, -0.25) is 9.59 Å². The van der Waals surface area contributed by atoms with Crippen molar-refractivity contribution in [3.8, 4) is 0 Å². The summed E-state index contributed by atoms with van der Waals surface area (Å²) in [6.07, 6.45) is 4.01. The molecule has 0 aliphatic heterocycles. The molecule has 0 saturated heterocycles. The first-order valence-electron chi connectivity index (χ1n) is 5.85. The Hall–Kier alpha value is -1.85. The Balaban J connectivity index is 2.47. The number of aromatic nitrogens is 2. The lowest BCUT2D eigenvalue weighted by Gasteiger charge is -2.33. The zero-order valence-electron chi connectivity index (χ0n) is 11.3. The van der Waals surface area contributed by atoms with Gasteiger partial charge in [-0.25, -0.2) is 4.98 Å². The Morgan fingerprint density at radius 3 is 2.67 bits per heavy atom. The van der Waals surface area contributed by atoms with Crippen molar-refractivity contribution >= 4 is 11.8 Å². The third-order valence-electron chi connectivity index (χ3n) is 3.10. The van der Waals surface area contributed by atoms with Crippen LogP contribution >= 0.6 is 0 Å². The van der Waals surface area contributed by atoms with Gasteiger partial charge in [-0.1, -0.05) is 0 Å². The Morgan fingerprint density at radius 2 is 2.17 bits per heavy atom. The van der Waals surface area contributed by atoms with Crippen LogP contribution in [0.3, 0.4) is 0 Å². The van der Waals surface area contributed by atoms with Gasteiger partial charge in [0, 0.05) is 38.8 Å². The highest BCUT2D eigenvalue weighted by molar-refractivity contribution is 5.89. The normalized spacial score (nSPS) is 11.1. The summed E-state index contributed by atoms with van der Waals surface area (Å²) in [4.78, 5) is 31.6. The van der Waals surface area contributed by atoms with Gasteiger partial charge in [-0.2, -0.15) is 0 Å². The lowest BCUT2D eigenvalue weighted by molar-refractivity contribution is -0.142. The Bertz CT molecular complexity index is 412. The van der Waals surface area contributed by atoms with E-state index in [9.17, 15) is 9.59 Å². The molecule has 0 aliphatic rings. The quantitative estimate of drug-likeness (QED) is 0.792. The molecule has 2 amide bonds. The van der Waals surface area contributed by atoms with Crippen molar-refractivity contribution in [1.29, 1.82) is 0 Å². The van der Waals surface area contributed by atoms with Crippen LogP contribution in [0.1, 0.15) is 26.5 Å². The summed E-state index contributed by atoms with van der Waals surface area (Å²) in [5, 5.41) is 2.82. The number of likely N-dealkylation sites (N-methyl/N-ethyl adjacent to an activating group) is 1. The molecule has 0 radical (unpaired) electrons. The van der Waals surface area contributed by atoms with Crippen LogP contribution in [0.4, 0.5) is 0 Å². The molecule has 0 spiro atoms. The lowest BCUT2D eigenvalue weighted by Crippen LogP contribution is -2.55. The highest BCUT2D eigenvalue weighted by Crippen LogP contribution is 2.12. The number of nitrogens with one attached hydrogen (secondary N) is 2. The van der Waals surface area contributed by atoms with Gasteiger partial charge in [-0.15, -0.1) is 0 Å². The minimum absolute atomic E-state index is 0.135. The van der Waals surface area contributed by atoms with Crippen molar-refractivity contribution in [2.24, 2.45) is 0 Å². The molecular weight excluding hydrogens is 232 g/mol. The SMILES string of the molecule is CC(=O)N(C)C(C)(C)C(=O)NCCc1cnc[nH]1. The number of amides is 2. The predicted molar refractivity (Wildman–Crippen MR) is 67.8 cm³/mol. The summed E-state index contributed by atoms with van der Waals surface area (Å²) >= 11 is 0. The fourth-order valence-corrected chi connectivity index (χ4v) is 1.49. The zero-order valence-corrected chi connectivity index (χ0v) is 11.3. The number of H-pyrrole nitrogens is 1. The number of hydrogen-bond donors (Lipinski definition) is 2. The smallest absolute Gasteiger partial charge is 0.245 e. The molecule has 0 saturated carbocycles. The number of aromatic amines is 1. The van der Waals surface area contributed by atoms with Crippen molar-refractivity contribution in [1.82, 2.24) is 20.2 Å². The summed E-state index contributed by atoms with van der Waals surface area (Å²) in [6, 6.07) is 0. The number of nitrogens with zero attached hydrogens (tertiary/aromatic N) is 2. The van der Waals surface area contributed by atoms with Crippen LogP contribution in [-0.4, -0.2) is 45.8 Å². The molecule has 100 valence electrons. The van der Waals surface area contributed by atoms with Gasteiger partial charge >= 0.3 is 0 Å². The van der Waals surface area contributed by atoms with Crippen molar-refractivity contribution in [3.63, 3.8) is 0 Å². The molecule has 0 atom stereocenters. The van der Waals surface area contributed by atoms with E-state index in [2.05, 4.69) is 15.3 Å². The summed E-state index contributed by atoms with van der Waals surface area (Å²) < 4.78 is 0. The van der Waals surface area contributed by atoms with E-state index >= 15 is 0 Å². The van der Waals surface area contributed by atoms with Crippen LogP contribution in [0.5, 0.6) is 0 Å². The van der Waals surface area contributed by atoms with Crippen molar-refractivity contribution in [3.05, 3.63) is 18.2 Å². The molecule has 18 heavy (non-hydrogen) atoms. The molecule has 1 rings (SSSR count). The van der Waals surface area contributed by atoms with Gasteiger partial charge in [0.15, 0.2) is 0 Å². The van der Waals surface area contributed by atoms with E-state index in [0.29, 0.717) is 13.0 Å². The second-order valence-corrected chi connectivity index (χ2v) is 4.72. The minimum Gasteiger partial charge on any atom is -0.354 e. The molecule has 6 nitrogen and oxygen atoms in total. The third-order valence-corrected chi connectivity index (χ3v) is 3.10. The molecule has 1 aromatic heterocycles. The number of hydrogen-bond acceptors (Lipinski definition) is 3. The van der Waals surface area contributed by atoms with Gasteiger partial charge in [0.05, 0.1) is 6.33 Å². The highest BCUT2D eigenvalue weighted by atomic mass is 16.2. The maximum absolute atomic E-state index is 12.0. The van der Waals surface area contributed by atoms with Crippen molar-refractivity contribution in [2.45, 2.75) is 32.7 Å². The maximum Gasteiger partial charge on any atom is 0.245 e. The van der Waals surface area contributed by atoms with E-state index in [1.807, 2.05) is 0 Å². The molecule has 0 aromatic carbocycles. The topological polar surface area (TPSA) is 78.1 Å². The summed E-state index contributed by atoms with van der Waals surface area (Å²) in [5.41, 5.74) is 0.118. The molecular formula is C12H20N4O2. The van der Waals surface area contributed by atoms with Crippen LogP contribution in [0.2, 0.25) is 0 Å². The van der Waals surface area contributed by atoms with Crippen LogP contribution in [0, 0.1) is 0 Å². The van der Waals surface area contributed by atoms with Gasteiger partial charge < -0.3 is 15.2 Å². The van der Waals surface area contributed by atoms with E-state index in [4.69, 9.17) is 0 Å². The lowest BCUT2D eigenvalue weighted by atomic mass is 10.0. The summed E-state index contributed by atoms with van der Waals surface area (Å²) in [5.74, 6) is -0.302. The third kappa shape index (κ3) is 3.32. The van der Waals surface area contributed by atoms with Crippen LogP contribution in [0.15, 0.2) is 12.5 Å². The molecule has 1 aromatic rings. The van der Waals surface area contributed by atoms with Gasteiger partial charge in [0.1, 0.15) is 5.54 Å². The van der Waals surface area contributed by atoms with E-state index < -0.39 is 5.54 Å². The second kappa shape index (κ2) is 5.66. The molecule has 0 unspecified atom stereocenters.